The van der Waals surface area contributed by atoms with Crippen molar-refractivity contribution in [3.05, 3.63) is 35.9 Å². The lowest BCUT2D eigenvalue weighted by atomic mass is 9.49. The van der Waals surface area contributed by atoms with Crippen molar-refractivity contribution in [1.82, 2.24) is 4.90 Å². The van der Waals surface area contributed by atoms with E-state index in [4.69, 9.17) is 0 Å². The number of rotatable bonds is 4. The highest BCUT2D eigenvalue weighted by Crippen LogP contribution is 2.60. The van der Waals surface area contributed by atoms with Gasteiger partial charge in [-0.05, 0) is 73.7 Å². The standard InChI is InChI=1S/C22H27NO2/c24-20-10-19(9-15-4-2-1-3-5-15)21(25)23(20)14-22-11-16-6-17(12-22)8-18(7-16)13-22/h1-5,16-19H,6-14H2. The summed E-state index contributed by atoms with van der Waals surface area (Å²) in [6.45, 7) is 0.708. The van der Waals surface area contributed by atoms with Crippen molar-refractivity contribution in [2.75, 3.05) is 6.54 Å². The van der Waals surface area contributed by atoms with Crippen molar-refractivity contribution < 1.29 is 9.59 Å². The molecule has 5 aliphatic rings. The number of hydrogen-bond acceptors (Lipinski definition) is 2. The van der Waals surface area contributed by atoms with E-state index in [1.807, 2.05) is 18.2 Å². The summed E-state index contributed by atoms with van der Waals surface area (Å²) in [7, 11) is 0. The summed E-state index contributed by atoms with van der Waals surface area (Å²) in [5.74, 6) is 2.59. The molecule has 1 atom stereocenters. The highest BCUT2D eigenvalue weighted by molar-refractivity contribution is 6.03. The Labute approximate surface area is 149 Å². The Bertz CT molecular complexity index is 660. The molecule has 1 aromatic rings. The monoisotopic (exact) mass is 337 g/mol. The molecule has 0 radical (unpaired) electrons. The molecule has 1 aromatic carbocycles. The molecule has 1 saturated heterocycles. The molecule has 4 bridgehead atoms. The number of hydrogen-bond donors (Lipinski definition) is 0. The summed E-state index contributed by atoms with van der Waals surface area (Å²) >= 11 is 0. The molecule has 4 saturated carbocycles. The predicted octanol–water partition coefficient (Wildman–Crippen LogP) is 3.82. The third-order valence-electron chi connectivity index (χ3n) is 7.32. The molecule has 1 heterocycles. The molecule has 1 unspecified atom stereocenters. The first kappa shape index (κ1) is 15.6. The van der Waals surface area contributed by atoms with Crippen molar-refractivity contribution in [2.45, 2.75) is 51.4 Å². The summed E-state index contributed by atoms with van der Waals surface area (Å²) in [6, 6.07) is 10.1. The van der Waals surface area contributed by atoms with E-state index in [0.29, 0.717) is 19.4 Å². The fraction of sp³-hybridized carbons (Fsp3) is 0.636. The van der Waals surface area contributed by atoms with Crippen molar-refractivity contribution in [3.63, 3.8) is 0 Å². The number of nitrogens with zero attached hydrogens (tertiary/aromatic N) is 1. The Hall–Kier alpha value is -1.64. The van der Waals surface area contributed by atoms with Gasteiger partial charge in [0.05, 0.1) is 5.92 Å². The lowest BCUT2D eigenvalue weighted by Crippen LogP contribution is -2.52. The Morgan fingerprint density at radius 3 is 2.12 bits per heavy atom. The summed E-state index contributed by atoms with van der Waals surface area (Å²) < 4.78 is 0. The minimum atomic E-state index is -0.149. The van der Waals surface area contributed by atoms with Gasteiger partial charge in [0.1, 0.15) is 0 Å². The fourth-order valence-corrected chi connectivity index (χ4v) is 6.79. The number of imide groups is 1. The maximum atomic E-state index is 12.9. The zero-order valence-corrected chi connectivity index (χ0v) is 14.8. The van der Waals surface area contributed by atoms with Crippen LogP contribution in [0.4, 0.5) is 0 Å². The second-order valence-electron chi connectivity index (χ2n) is 9.33. The highest BCUT2D eigenvalue weighted by atomic mass is 16.2. The predicted molar refractivity (Wildman–Crippen MR) is 95.6 cm³/mol. The van der Waals surface area contributed by atoms with Gasteiger partial charge in [-0.2, -0.15) is 0 Å². The van der Waals surface area contributed by atoms with E-state index in [9.17, 15) is 9.59 Å². The normalized spacial score (nSPS) is 39.4. The molecule has 0 aromatic heterocycles. The second-order valence-corrected chi connectivity index (χ2v) is 9.33. The van der Waals surface area contributed by atoms with Crippen LogP contribution in [0.3, 0.4) is 0 Å². The summed E-state index contributed by atoms with van der Waals surface area (Å²) in [6.07, 6.45) is 9.05. The van der Waals surface area contributed by atoms with Crippen LogP contribution >= 0.6 is 0 Å². The Morgan fingerprint density at radius 2 is 1.52 bits per heavy atom. The van der Waals surface area contributed by atoms with Gasteiger partial charge in [-0.25, -0.2) is 0 Å². The topological polar surface area (TPSA) is 37.4 Å². The van der Waals surface area contributed by atoms with Crippen molar-refractivity contribution in [2.24, 2.45) is 29.1 Å². The number of carbonyl (C=O) groups excluding carboxylic acids is 2. The molecule has 1 aliphatic heterocycles. The van der Waals surface area contributed by atoms with Gasteiger partial charge in [-0.1, -0.05) is 30.3 Å². The maximum absolute atomic E-state index is 12.9. The van der Waals surface area contributed by atoms with Gasteiger partial charge in [0.25, 0.3) is 0 Å². The SMILES string of the molecule is O=C1CC(Cc2ccccc2)C(=O)N1CC12CC3CC(CC(C3)C1)C2. The van der Waals surface area contributed by atoms with Crippen molar-refractivity contribution >= 4 is 11.8 Å². The van der Waals surface area contributed by atoms with Crippen LogP contribution in [-0.2, 0) is 16.0 Å². The Balaban J connectivity index is 1.31. The zero-order valence-electron chi connectivity index (χ0n) is 14.8. The molecule has 2 amide bonds. The van der Waals surface area contributed by atoms with Crippen LogP contribution in [0.15, 0.2) is 30.3 Å². The number of likely N-dealkylation sites (tertiary alicyclic amines) is 1. The second kappa shape index (κ2) is 5.69. The fourth-order valence-electron chi connectivity index (χ4n) is 6.79. The van der Waals surface area contributed by atoms with Gasteiger partial charge >= 0.3 is 0 Å². The van der Waals surface area contributed by atoms with E-state index in [-0.39, 0.29) is 23.1 Å². The Kier molecular flexibility index (Phi) is 3.55. The molecule has 132 valence electrons. The molecule has 0 N–H and O–H groups in total. The smallest absolute Gasteiger partial charge is 0.233 e. The van der Waals surface area contributed by atoms with E-state index in [2.05, 4.69) is 12.1 Å². The molecule has 4 aliphatic carbocycles. The van der Waals surface area contributed by atoms with Gasteiger partial charge in [0.15, 0.2) is 0 Å². The van der Waals surface area contributed by atoms with Crippen LogP contribution in [0.1, 0.15) is 50.5 Å². The lowest BCUT2D eigenvalue weighted by molar-refractivity contribution is -0.145. The van der Waals surface area contributed by atoms with Gasteiger partial charge < -0.3 is 0 Å². The number of benzene rings is 1. The van der Waals surface area contributed by atoms with E-state index < -0.39 is 0 Å². The average molecular weight is 337 g/mol. The van der Waals surface area contributed by atoms with Crippen LogP contribution in [0.2, 0.25) is 0 Å². The van der Waals surface area contributed by atoms with Crippen molar-refractivity contribution in [1.29, 1.82) is 0 Å². The number of amides is 2. The molecular weight excluding hydrogens is 310 g/mol. The Morgan fingerprint density at radius 1 is 0.920 bits per heavy atom. The third kappa shape index (κ3) is 2.72. The summed E-state index contributed by atoms with van der Waals surface area (Å²) in [4.78, 5) is 27.2. The van der Waals surface area contributed by atoms with Crippen LogP contribution < -0.4 is 0 Å². The first-order chi connectivity index (χ1) is 12.1. The minimum absolute atomic E-state index is 0.0710. The average Bonchev–Trinajstić information content (AvgIpc) is 2.82. The van der Waals surface area contributed by atoms with E-state index in [1.54, 1.807) is 4.90 Å². The largest absolute Gasteiger partial charge is 0.282 e. The zero-order chi connectivity index (χ0) is 17.0. The van der Waals surface area contributed by atoms with Gasteiger partial charge in [-0.15, -0.1) is 0 Å². The lowest BCUT2D eigenvalue weighted by Gasteiger charge is -2.57. The minimum Gasteiger partial charge on any atom is -0.282 e. The van der Waals surface area contributed by atoms with E-state index in [1.165, 1.54) is 38.5 Å². The molecule has 3 heteroatoms. The van der Waals surface area contributed by atoms with Gasteiger partial charge in [0, 0.05) is 13.0 Å². The van der Waals surface area contributed by atoms with Crippen LogP contribution in [0, 0.1) is 29.1 Å². The van der Waals surface area contributed by atoms with E-state index in [0.717, 1.165) is 23.3 Å². The van der Waals surface area contributed by atoms with Crippen LogP contribution in [-0.4, -0.2) is 23.3 Å². The molecule has 5 fully saturated rings. The molecule has 6 rings (SSSR count). The molecule has 25 heavy (non-hydrogen) atoms. The molecule has 3 nitrogen and oxygen atoms in total. The van der Waals surface area contributed by atoms with Crippen LogP contribution in [0.5, 0.6) is 0 Å². The van der Waals surface area contributed by atoms with E-state index >= 15 is 0 Å². The van der Waals surface area contributed by atoms with Crippen molar-refractivity contribution in [3.8, 4) is 0 Å². The summed E-state index contributed by atoms with van der Waals surface area (Å²) in [5, 5.41) is 0. The first-order valence-corrected chi connectivity index (χ1v) is 9.98. The molecular formula is C22H27NO2. The van der Waals surface area contributed by atoms with Gasteiger partial charge in [-0.3, -0.25) is 14.5 Å². The third-order valence-corrected chi connectivity index (χ3v) is 7.32. The van der Waals surface area contributed by atoms with Gasteiger partial charge in [0.2, 0.25) is 11.8 Å². The summed E-state index contributed by atoms with van der Waals surface area (Å²) in [5.41, 5.74) is 1.41. The molecule has 0 spiro atoms. The quantitative estimate of drug-likeness (QED) is 0.783. The first-order valence-electron chi connectivity index (χ1n) is 9.98. The highest BCUT2D eigenvalue weighted by Gasteiger charge is 2.53. The maximum Gasteiger partial charge on any atom is 0.233 e. The van der Waals surface area contributed by atoms with Crippen LogP contribution in [0.25, 0.3) is 0 Å². The number of carbonyl (C=O) groups is 2.